The van der Waals surface area contributed by atoms with Gasteiger partial charge in [0.15, 0.2) is 5.78 Å². The van der Waals surface area contributed by atoms with Gasteiger partial charge in [0.2, 0.25) is 0 Å². The van der Waals surface area contributed by atoms with Gasteiger partial charge in [0.05, 0.1) is 9.65 Å². The minimum absolute atomic E-state index is 0.0684. The quantitative estimate of drug-likeness (QED) is 0.627. The maximum atomic E-state index is 11.9. The molecule has 0 N–H and O–H groups in total. The maximum absolute atomic E-state index is 11.9. The van der Waals surface area contributed by atoms with Gasteiger partial charge < -0.3 is 0 Å². The summed E-state index contributed by atoms with van der Waals surface area (Å²) in [4.78, 5) is 22.0. The van der Waals surface area contributed by atoms with E-state index in [1.54, 1.807) is 24.3 Å². The van der Waals surface area contributed by atoms with Crippen molar-refractivity contribution in [1.82, 2.24) is 0 Å². The van der Waals surface area contributed by atoms with Crippen molar-refractivity contribution in [2.45, 2.75) is 16.6 Å². The van der Waals surface area contributed by atoms with E-state index in [1.807, 2.05) is 6.07 Å². The Kier molecular flexibility index (Phi) is 4.67. The van der Waals surface area contributed by atoms with Crippen LogP contribution in [0.3, 0.4) is 0 Å². The Morgan fingerprint density at radius 2 is 1.60 bits per heavy atom. The van der Waals surface area contributed by atoms with Crippen molar-refractivity contribution in [3.63, 3.8) is 0 Å². The summed E-state index contributed by atoms with van der Waals surface area (Å²) in [7, 11) is 0. The molecular weight excluding hydrogens is 324 g/mol. The Labute approximate surface area is 105 Å². The zero-order valence-corrected chi connectivity index (χ0v) is 11.3. The Bertz CT molecular complexity index is 362. The highest BCUT2D eigenvalue weighted by Gasteiger charge is 2.27. The average Bonchev–Trinajstić information content (AvgIpc) is 2.27. The summed E-state index contributed by atoms with van der Waals surface area (Å²) >= 11 is 6.42. The summed E-state index contributed by atoms with van der Waals surface area (Å²) in [6, 6.07) is 8.90. The number of rotatable bonds is 4. The van der Waals surface area contributed by atoms with Crippen LogP contribution < -0.4 is 0 Å². The summed E-state index contributed by atoms with van der Waals surface area (Å²) in [6.07, 6.45) is 0. The van der Waals surface area contributed by atoms with Gasteiger partial charge >= 0.3 is 0 Å². The third-order valence-electron chi connectivity index (χ3n) is 1.95. The molecule has 1 aromatic rings. The molecule has 2 atom stereocenters. The van der Waals surface area contributed by atoms with E-state index < -0.39 is 9.65 Å². The Morgan fingerprint density at radius 1 is 1.07 bits per heavy atom. The molecule has 2 unspecified atom stereocenters. The summed E-state index contributed by atoms with van der Waals surface area (Å²) in [5, 5.41) is 0. The summed E-state index contributed by atoms with van der Waals surface area (Å²) < 4.78 is 0. The molecule has 0 saturated carbocycles. The first kappa shape index (κ1) is 12.6. The molecule has 1 rings (SSSR count). The molecule has 1 aromatic carbocycles. The Hall–Kier alpha value is -0.480. The molecule has 4 heteroatoms. The van der Waals surface area contributed by atoms with Gasteiger partial charge in [0.1, 0.15) is 5.78 Å². The number of hydrogen-bond donors (Lipinski definition) is 0. The molecule has 15 heavy (non-hydrogen) atoms. The number of hydrogen-bond acceptors (Lipinski definition) is 2. The smallest absolute Gasteiger partial charge is 0.178 e. The molecular formula is C11H10Br2O2. The van der Waals surface area contributed by atoms with Crippen LogP contribution in [0.5, 0.6) is 0 Å². The minimum atomic E-state index is -0.516. The zero-order chi connectivity index (χ0) is 11.4. The minimum Gasteiger partial charge on any atom is -0.299 e. The highest BCUT2D eigenvalue weighted by atomic mass is 79.9. The van der Waals surface area contributed by atoms with Crippen LogP contribution >= 0.6 is 31.9 Å². The van der Waals surface area contributed by atoms with Crippen LogP contribution in [0.2, 0.25) is 0 Å². The zero-order valence-electron chi connectivity index (χ0n) is 8.11. The van der Waals surface area contributed by atoms with Crippen LogP contribution in [0.1, 0.15) is 17.3 Å². The lowest BCUT2D eigenvalue weighted by atomic mass is 10.1. The van der Waals surface area contributed by atoms with Gasteiger partial charge in [0, 0.05) is 5.56 Å². The molecule has 0 radical (unpaired) electrons. The largest absolute Gasteiger partial charge is 0.299 e. The fraction of sp³-hybridized carbons (Fsp3) is 0.273. The van der Waals surface area contributed by atoms with Crippen LogP contribution in [-0.4, -0.2) is 21.2 Å². The van der Waals surface area contributed by atoms with E-state index in [-0.39, 0.29) is 11.6 Å². The van der Waals surface area contributed by atoms with E-state index in [9.17, 15) is 9.59 Å². The number of alkyl halides is 2. The topological polar surface area (TPSA) is 34.1 Å². The van der Waals surface area contributed by atoms with E-state index >= 15 is 0 Å². The number of halogens is 2. The maximum Gasteiger partial charge on any atom is 0.178 e. The second kappa shape index (κ2) is 5.56. The average molecular weight is 334 g/mol. The number of carbonyl (C=O) groups is 2. The van der Waals surface area contributed by atoms with Gasteiger partial charge in [-0.2, -0.15) is 0 Å². The van der Waals surface area contributed by atoms with Crippen LogP contribution in [-0.2, 0) is 4.79 Å². The van der Waals surface area contributed by atoms with Gasteiger partial charge in [-0.05, 0) is 6.92 Å². The molecule has 0 fully saturated rings. The lowest BCUT2D eigenvalue weighted by Crippen LogP contribution is -2.29. The molecule has 2 nitrogen and oxygen atoms in total. The van der Waals surface area contributed by atoms with Crippen molar-refractivity contribution >= 4 is 43.4 Å². The van der Waals surface area contributed by atoms with Crippen molar-refractivity contribution in [1.29, 1.82) is 0 Å². The van der Waals surface area contributed by atoms with Crippen LogP contribution in [0, 0.1) is 0 Å². The van der Waals surface area contributed by atoms with E-state index in [1.165, 1.54) is 6.92 Å². The van der Waals surface area contributed by atoms with Gasteiger partial charge in [0.25, 0.3) is 0 Å². The SMILES string of the molecule is CC(=O)C(Br)C(Br)C(=O)c1ccccc1. The molecule has 0 bridgehead atoms. The summed E-state index contributed by atoms with van der Waals surface area (Å²) in [6.45, 7) is 1.45. The molecule has 0 aliphatic heterocycles. The lowest BCUT2D eigenvalue weighted by molar-refractivity contribution is -0.116. The van der Waals surface area contributed by atoms with Gasteiger partial charge in [-0.3, -0.25) is 9.59 Å². The molecule has 0 aromatic heterocycles. The molecule has 0 aliphatic carbocycles. The number of carbonyl (C=O) groups excluding carboxylic acids is 2. The van der Waals surface area contributed by atoms with Crippen molar-refractivity contribution in [2.24, 2.45) is 0 Å². The predicted molar refractivity (Wildman–Crippen MR) is 66.9 cm³/mol. The first-order valence-electron chi connectivity index (χ1n) is 4.42. The standard InChI is InChI=1S/C11H10Br2O2/c1-7(14)9(12)10(13)11(15)8-5-3-2-4-6-8/h2-6,9-10H,1H3. The third kappa shape index (κ3) is 3.24. The second-order valence-corrected chi connectivity index (χ2v) is 5.12. The summed E-state index contributed by atoms with van der Waals surface area (Å²) in [5.41, 5.74) is 0.602. The number of benzene rings is 1. The van der Waals surface area contributed by atoms with Crippen molar-refractivity contribution in [3.05, 3.63) is 35.9 Å². The Balaban J connectivity index is 2.82. The van der Waals surface area contributed by atoms with Gasteiger partial charge in [-0.15, -0.1) is 0 Å². The van der Waals surface area contributed by atoms with Crippen molar-refractivity contribution < 1.29 is 9.59 Å². The predicted octanol–water partition coefficient (Wildman–Crippen LogP) is 2.99. The van der Waals surface area contributed by atoms with Gasteiger partial charge in [-0.1, -0.05) is 62.2 Å². The number of ketones is 2. The summed E-state index contributed by atoms with van der Waals surface area (Å²) in [5.74, 6) is -0.158. The molecule has 0 spiro atoms. The second-order valence-electron chi connectivity index (χ2n) is 3.14. The molecule has 0 heterocycles. The third-order valence-corrected chi connectivity index (χ3v) is 4.78. The molecule has 0 amide bonds. The van der Waals surface area contributed by atoms with Gasteiger partial charge in [-0.25, -0.2) is 0 Å². The highest BCUT2D eigenvalue weighted by Crippen LogP contribution is 2.20. The monoisotopic (exact) mass is 332 g/mol. The molecule has 80 valence electrons. The number of Topliss-reactive ketones (excluding diaryl/α,β-unsaturated/α-hetero) is 2. The lowest BCUT2D eigenvalue weighted by Gasteiger charge is -2.12. The highest BCUT2D eigenvalue weighted by molar-refractivity contribution is 9.12. The van der Waals surface area contributed by atoms with Crippen molar-refractivity contribution in [3.8, 4) is 0 Å². The van der Waals surface area contributed by atoms with Crippen molar-refractivity contribution in [2.75, 3.05) is 0 Å². The van der Waals surface area contributed by atoms with Crippen LogP contribution in [0.15, 0.2) is 30.3 Å². The van der Waals surface area contributed by atoms with E-state index in [2.05, 4.69) is 31.9 Å². The molecule has 0 saturated heterocycles. The van der Waals surface area contributed by atoms with E-state index in [0.717, 1.165) is 0 Å². The van der Waals surface area contributed by atoms with Crippen LogP contribution in [0.25, 0.3) is 0 Å². The first-order valence-corrected chi connectivity index (χ1v) is 6.25. The van der Waals surface area contributed by atoms with Crippen LogP contribution in [0.4, 0.5) is 0 Å². The fourth-order valence-corrected chi connectivity index (χ4v) is 1.98. The van der Waals surface area contributed by atoms with E-state index in [4.69, 9.17) is 0 Å². The Morgan fingerprint density at radius 3 is 2.07 bits per heavy atom. The van der Waals surface area contributed by atoms with E-state index in [0.29, 0.717) is 5.56 Å². The fourth-order valence-electron chi connectivity index (χ4n) is 1.10. The first-order chi connectivity index (χ1) is 7.04. The normalized spacial score (nSPS) is 14.3. The molecule has 0 aliphatic rings.